The summed E-state index contributed by atoms with van der Waals surface area (Å²) in [6.07, 6.45) is 0.620. The molecule has 0 fully saturated rings. The molecule has 0 atom stereocenters. The lowest BCUT2D eigenvalue weighted by atomic mass is 10.1. The number of nitrogens with zero attached hydrogens (tertiary/aromatic N) is 3. The van der Waals surface area contributed by atoms with E-state index in [1.54, 1.807) is 12.1 Å². The van der Waals surface area contributed by atoms with Crippen molar-refractivity contribution in [2.24, 2.45) is 5.11 Å². The molecule has 0 aliphatic carbocycles. The molecule has 0 radical (unpaired) electrons. The first-order chi connectivity index (χ1) is 8.54. The summed E-state index contributed by atoms with van der Waals surface area (Å²) in [5.41, 5.74) is 9.08. The molecule has 0 aromatic heterocycles. The normalized spacial score (nSPS) is 10.6. The minimum atomic E-state index is -1.65. The number of ketones is 1. The minimum absolute atomic E-state index is 0.102. The van der Waals surface area contributed by atoms with Crippen molar-refractivity contribution in [1.29, 1.82) is 0 Å². The number of carbonyl (C=O) groups excluding carboxylic acids is 1. The maximum atomic E-state index is 10.9. The summed E-state index contributed by atoms with van der Waals surface area (Å²) in [6, 6.07) is 6.26. The summed E-state index contributed by atoms with van der Waals surface area (Å²) in [7, 11) is 0. The summed E-state index contributed by atoms with van der Waals surface area (Å²) >= 11 is 0. The molecule has 0 saturated heterocycles. The molecule has 1 aromatic rings. The molecule has 0 amide bonds. The second-order valence-corrected chi connectivity index (χ2v) is 3.29. The Hall–Kier alpha value is -2.79. The molecule has 1 aromatic carbocycles. The third kappa shape index (κ3) is 3.66. The highest BCUT2D eigenvalue weighted by Crippen LogP contribution is 2.14. The lowest BCUT2D eigenvalue weighted by Gasteiger charge is -2.02. The van der Waals surface area contributed by atoms with Gasteiger partial charge in [0.15, 0.2) is 0 Å². The van der Waals surface area contributed by atoms with Crippen LogP contribution in [0, 0.1) is 0 Å². The van der Waals surface area contributed by atoms with Gasteiger partial charge in [-0.1, -0.05) is 23.3 Å². The van der Waals surface area contributed by atoms with Crippen LogP contribution < -0.4 is 0 Å². The first kappa shape index (κ1) is 13.3. The molecular formula is C11H9N3O4. The van der Waals surface area contributed by atoms with Crippen molar-refractivity contribution >= 4 is 17.5 Å². The lowest BCUT2D eigenvalue weighted by Crippen LogP contribution is -2.09. The van der Waals surface area contributed by atoms with Gasteiger partial charge in [-0.15, -0.1) is 0 Å². The molecule has 0 spiro atoms. The summed E-state index contributed by atoms with van der Waals surface area (Å²) in [6.45, 7) is 0.102. The molecule has 7 heteroatoms. The minimum Gasteiger partial charge on any atom is -0.507 e. The quantitative estimate of drug-likeness (QED) is 0.206. The highest BCUT2D eigenvalue weighted by molar-refractivity contribution is 6.38. The van der Waals surface area contributed by atoms with Gasteiger partial charge in [0.1, 0.15) is 5.76 Å². The molecule has 1 rings (SSSR count). The van der Waals surface area contributed by atoms with Crippen LogP contribution >= 0.6 is 0 Å². The van der Waals surface area contributed by atoms with Crippen LogP contribution in [0.25, 0.3) is 16.2 Å². The Morgan fingerprint density at radius 1 is 1.39 bits per heavy atom. The van der Waals surface area contributed by atoms with Crippen LogP contribution in [0.2, 0.25) is 0 Å². The molecule has 0 saturated carbocycles. The molecule has 18 heavy (non-hydrogen) atoms. The Balaban J connectivity index is 2.99. The van der Waals surface area contributed by atoms with Crippen LogP contribution in [-0.4, -0.2) is 22.0 Å². The van der Waals surface area contributed by atoms with E-state index in [9.17, 15) is 14.7 Å². The third-order valence-electron chi connectivity index (χ3n) is 2.02. The Labute approximate surface area is 102 Å². The fraction of sp³-hybridized carbons (Fsp3) is 0.0909. The number of aliphatic carboxylic acids is 1. The van der Waals surface area contributed by atoms with Crippen LogP contribution in [0.3, 0.4) is 0 Å². The van der Waals surface area contributed by atoms with Gasteiger partial charge in [0.2, 0.25) is 0 Å². The van der Waals surface area contributed by atoms with Gasteiger partial charge in [0.05, 0.1) is 6.54 Å². The zero-order valence-electron chi connectivity index (χ0n) is 9.15. The maximum absolute atomic E-state index is 10.9. The molecule has 2 N–H and O–H groups in total. The number of rotatable bonds is 5. The van der Waals surface area contributed by atoms with Gasteiger partial charge < -0.3 is 10.2 Å². The number of hydrogen-bond acceptors (Lipinski definition) is 4. The average Bonchev–Trinajstić information content (AvgIpc) is 2.36. The molecule has 92 valence electrons. The standard InChI is InChI=1S/C11H9N3O4/c12-14-13-6-7-2-1-3-8(4-7)9(15)5-10(16)11(17)18/h1-5,15H,6H2,(H,17,18)/b9-5+. The number of carboxylic acid groups (broad SMARTS) is 1. The Morgan fingerprint density at radius 2 is 2.11 bits per heavy atom. The predicted molar refractivity (Wildman–Crippen MR) is 62.5 cm³/mol. The summed E-state index contributed by atoms with van der Waals surface area (Å²) in [4.78, 5) is 23.8. The van der Waals surface area contributed by atoms with Crippen LogP contribution in [0.4, 0.5) is 0 Å². The van der Waals surface area contributed by atoms with Gasteiger partial charge in [-0.25, -0.2) is 4.79 Å². The van der Waals surface area contributed by atoms with Crippen molar-refractivity contribution in [3.63, 3.8) is 0 Å². The van der Waals surface area contributed by atoms with E-state index in [1.807, 2.05) is 0 Å². The molecule has 0 aliphatic rings. The van der Waals surface area contributed by atoms with Crippen molar-refractivity contribution in [2.75, 3.05) is 0 Å². The maximum Gasteiger partial charge on any atom is 0.376 e. The molecule has 0 heterocycles. The molecule has 7 nitrogen and oxygen atoms in total. The van der Waals surface area contributed by atoms with Crippen LogP contribution in [0.5, 0.6) is 0 Å². The first-order valence-corrected chi connectivity index (χ1v) is 4.82. The molecule has 0 unspecified atom stereocenters. The third-order valence-corrected chi connectivity index (χ3v) is 2.02. The van der Waals surface area contributed by atoms with Crippen LogP contribution in [0.1, 0.15) is 11.1 Å². The van der Waals surface area contributed by atoms with Gasteiger partial charge in [-0.3, -0.25) is 4.79 Å². The number of hydrogen-bond donors (Lipinski definition) is 2. The van der Waals surface area contributed by atoms with Gasteiger partial charge in [0.25, 0.3) is 5.78 Å². The van der Waals surface area contributed by atoms with E-state index in [4.69, 9.17) is 10.6 Å². The van der Waals surface area contributed by atoms with E-state index in [0.29, 0.717) is 11.6 Å². The Morgan fingerprint density at radius 3 is 2.72 bits per heavy atom. The van der Waals surface area contributed by atoms with Crippen molar-refractivity contribution in [1.82, 2.24) is 0 Å². The van der Waals surface area contributed by atoms with Crippen molar-refractivity contribution in [3.8, 4) is 0 Å². The fourth-order valence-corrected chi connectivity index (χ4v) is 1.21. The number of aliphatic hydroxyl groups excluding tert-OH is 1. The number of benzene rings is 1. The topological polar surface area (TPSA) is 123 Å². The predicted octanol–water partition coefficient (Wildman–Crippen LogP) is 2.05. The van der Waals surface area contributed by atoms with Crippen molar-refractivity contribution in [2.45, 2.75) is 6.54 Å². The number of carboxylic acids is 1. The van der Waals surface area contributed by atoms with Gasteiger partial charge in [-0.05, 0) is 17.2 Å². The second kappa shape index (κ2) is 6.07. The lowest BCUT2D eigenvalue weighted by molar-refractivity contribution is -0.146. The number of aliphatic hydroxyl groups is 1. The van der Waals surface area contributed by atoms with Gasteiger partial charge in [0, 0.05) is 16.6 Å². The summed E-state index contributed by atoms with van der Waals surface area (Å²) in [5.74, 6) is -3.31. The van der Waals surface area contributed by atoms with E-state index in [-0.39, 0.29) is 12.1 Å². The Kier molecular flexibility index (Phi) is 4.48. The highest BCUT2D eigenvalue weighted by Gasteiger charge is 2.10. The second-order valence-electron chi connectivity index (χ2n) is 3.29. The van der Waals surface area contributed by atoms with E-state index in [2.05, 4.69) is 10.0 Å². The van der Waals surface area contributed by atoms with E-state index in [0.717, 1.165) is 0 Å². The van der Waals surface area contributed by atoms with Crippen molar-refractivity contribution < 1.29 is 19.8 Å². The summed E-state index contributed by atoms with van der Waals surface area (Å²) < 4.78 is 0. The number of azide groups is 1. The molecule has 0 bridgehead atoms. The molecule has 0 aliphatic heterocycles. The first-order valence-electron chi connectivity index (χ1n) is 4.82. The van der Waals surface area contributed by atoms with E-state index >= 15 is 0 Å². The zero-order valence-corrected chi connectivity index (χ0v) is 9.15. The SMILES string of the molecule is [N-]=[N+]=NCc1cccc(/C(O)=C\C(=O)C(=O)O)c1. The Bertz CT molecular complexity index is 559. The smallest absolute Gasteiger partial charge is 0.376 e. The van der Waals surface area contributed by atoms with Gasteiger partial charge in [-0.2, -0.15) is 0 Å². The average molecular weight is 247 g/mol. The van der Waals surface area contributed by atoms with Crippen LogP contribution in [-0.2, 0) is 16.1 Å². The largest absolute Gasteiger partial charge is 0.507 e. The summed E-state index contributed by atoms with van der Waals surface area (Å²) in [5, 5.41) is 21.3. The fourth-order valence-electron chi connectivity index (χ4n) is 1.21. The number of carbonyl (C=O) groups is 2. The van der Waals surface area contributed by atoms with E-state index in [1.165, 1.54) is 12.1 Å². The van der Waals surface area contributed by atoms with Crippen LogP contribution in [0.15, 0.2) is 35.5 Å². The molecular weight excluding hydrogens is 238 g/mol. The van der Waals surface area contributed by atoms with E-state index < -0.39 is 17.5 Å². The highest BCUT2D eigenvalue weighted by atomic mass is 16.4. The van der Waals surface area contributed by atoms with Crippen molar-refractivity contribution in [3.05, 3.63) is 51.9 Å². The monoisotopic (exact) mass is 247 g/mol. The zero-order chi connectivity index (χ0) is 13.5. The van der Waals surface area contributed by atoms with Gasteiger partial charge >= 0.3 is 5.97 Å².